The normalized spacial score (nSPS) is 13.8. The number of imide groups is 1. The summed E-state index contributed by atoms with van der Waals surface area (Å²) in [5.41, 5.74) is 5.61. The van der Waals surface area contributed by atoms with Crippen LogP contribution in [0.25, 0.3) is 5.57 Å². The SMILES string of the molecule is CCN(Cc1ccccc1)C1=C(c2ccc(C)cc2C)C(=O)N(Cc2ccccn2)C1=O. The van der Waals surface area contributed by atoms with E-state index in [0.717, 1.165) is 22.3 Å². The first-order valence-electron chi connectivity index (χ1n) is 10.9. The molecule has 0 spiro atoms. The summed E-state index contributed by atoms with van der Waals surface area (Å²) in [5, 5.41) is 0. The number of aromatic nitrogens is 1. The Labute approximate surface area is 189 Å². The summed E-state index contributed by atoms with van der Waals surface area (Å²) in [4.78, 5) is 34.9. The number of nitrogens with zero attached hydrogens (tertiary/aromatic N) is 3. The van der Waals surface area contributed by atoms with Crippen LogP contribution < -0.4 is 0 Å². The van der Waals surface area contributed by atoms with Gasteiger partial charge in [0.1, 0.15) is 5.70 Å². The molecule has 0 unspecified atom stereocenters. The number of benzene rings is 2. The Morgan fingerprint density at radius 1 is 0.906 bits per heavy atom. The molecule has 0 fully saturated rings. The zero-order valence-electron chi connectivity index (χ0n) is 18.7. The van der Waals surface area contributed by atoms with Gasteiger partial charge in [0.25, 0.3) is 11.8 Å². The third-order valence-corrected chi connectivity index (χ3v) is 5.76. The van der Waals surface area contributed by atoms with Gasteiger partial charge in [-0.3, -0.25) is 19.5 Å². The van der Waals surface area contributed by atoms with Crippen LogP contribution in [-0.2, 0) is 22.7 Å². The molecular formula is C27H27N3O2. The molecule has 5 nitrogen and oxygen atoms in total. The van der Waals surface area contributed by atoms with E-state index >= 15 is 0 Å². The fraction of sp³-hybridized carbons (Fsp3) is 0.222. The van der Waals surface area contributed by atoms with Crippen molar-refractivity contribution in [2.45, 2.75) is 33.9 Å². The summed E-state index contributed by atoms with van der Waals surface area (Å²) in [7, 11) is 0. The summed E-state index contributed by atoms with van der Waals surface area (Å²) >= 11 is 0. The van der Waals surface area contributed by atoms with Gasteiger partial charge in [-0.2, -0.15) is 0 Å². The molecule has 0 bridgehead atoms. The number of hydrogen-bond donors (Lipinski definition) is 0. The van der Waals surface area contributed by atoms with Crippen molar-refractivity contribution in [3.8, 4) is 0 Å². The van der Waals surface area contributed by atoms with E-state index in [4.69, 9.17) is 0 Å². The van der Waals surface area contributed by atoms with Crippen molar-refractivity contribution < 1.29 is 9.59 Å². The number of pyridine rings is 1. The minimum atomic E-state index is -0.270. The molecule has 0 saturated carbocycles. The lowest BCUT2D eigenvalue weighted by Crippen LogP contribution is -2.35. The van der Waals surface area contributed by atoms with Crippen LogP contribution in [0.1, 0.15) is 34.9 Å². The molecular weight excluding hydrogens is 398 g/mol. The Kier molecular flexibility index (Phi) is 6.17. The molecule has 1 aromatic heterocycles. The average Bonchev–Trinajstić information content (AvgIpc) is 3.03. The molecule has 4 rings (SSSR count). The first kappa shape index (κ1) is 21.5. The van der Waals surface area contributed by atoms with E-state index in [1.54, 1.807) is 6.20 Å². The maximum Gasteiger partial charge on any atom is 0.278 e. The smallest absolute Gasteiger partial charge is 0.278 e. The fourth-order valence-corrected chi connectivity index (χ4v) is 4.14. The highest BCUT2D eigenvalue weighted by Gasteiger charge is 2.41. The fourth-order valence-electron chi connectivity index (χ4n) is 4.14. The topological polar surface area (TPSA) is 53.5 Å². The minimum Gasteiger partial charge on any atom is -0.362 e. The monoisotopic (exact) mass is 425 g/mol. The van der Waals surface area contributed by atoms with Crippen LogP contribution in [0.5, 0.6) is 0 Å². The molecule has 0 radical (unpaired) electrons. The van der Waals surface area contributed by atoms with Crippen LogP contribution in [0.3, 0.4) is 0 Å². The van der Waals surface area contributed by atoms with Gasteiger partial charge in [-0.25, -0.2) is 0 Å². The molecule has 5 heteroatoms. The summed E-state index contributed by atoms with van der Waals surface area (Å²) in [6.45, 7) is 7.33. The molecule has 0 N–H and O–H groups in total. The van der Waals surface area contributed by atoms with Gasteiger partial charge >= 0.3 is 0 Å². The molecule has 2 heterocycles. The minimum absolute atomic E-state index is 0.152. The average molecular weight is 426 g/mol. The molecule has 0 aliphatic carbocycles. The van der Waals surface area contributed by atoms with E-state index in [9.17, 15) is 9.59 Å². The first-order chi connectivity index (χ1) is 15.5. The van der Waals surface area contributed by atoms with Crippen LogP contribution in [0.15, 0.2) is 78.6 Å². The van der Waals surface area contributed by atoms with Gasteiger partial charge in [0.2, 0.25) is 0 Å². The number of aryl methyl sites for hydroxylation is 2. The summed E-state index contributed by atoms with van der Waals surface area (Å²) < 4.78 is 0. The zero-order valence-corrected chi connectivity index (χ0v) is 18.7. The Balaban J connectivity index is 1.80. The number of carbonyl (C=O) groups is 2. The van der Waals surface area contributed by atoms with Crippen LogP contribution in [0.4, 0.5) is 0 Å². The standard InChI is InChI=1S/C27H27N3O2/c1-4-29(17-21-10-6-5-7-11-21)25-24(23-14-13-19(2)16-20(23)3)26(31)30(27(25)32)18-22-12-8-9-15-28-22/h5-16H,4,17-18H2,1-3H3. The predicted octanol–water partition coefficient (Wildman–Crippen LogP) is 4.50. The van der Waals surface area contributed by atoms with Gasteiger partial charge in [-0.1, -0.05) is 60.2 Å². The molecule has 1 aliphatic heterocycles. The lowest BCUT2D eigenvalue weighted by atomic mass is 9.97. The third kappa shape index (κ3) is 4.19. The van der Waals surface area contributed by atoms with Gasteiger partial charge in [0.05, 0.1) is 17.8 Å². The van der Waals surface area contributed by atoms with Crippen molar-refractivity contribution in [3.05, 3.63) is 107 Å². The lowest BCUT2D eigenvalue weighted by molar-refractivity contribution is -0.138. The van der Waals surface area contributed by atoms with E-state index in [-0.39, 0.29) is 18.4 Å². The van der Waals surface area contributed by atoms with Crippen molar-refractivity contribution in [3.63, 3.8) is 0 Å². The second-order valence-electron chi connectivity index (χ2n) is 8.06. The zero-order chi connectivity index (χ0) is 22.7. The molecule has 0 saturated heterocycles. The van der Waals surface area contributed by atoms with E-state index in [1.165, 1.54) is 4.90 Å². The van der Waals surface area contributed by atoms with Crippen molar-refractivity contribution in [2.24, 2.45) is 0 Å². The van der Waals surface area contributed by atoms with Gasteiger partial charge in [-0.15, -0.1) is 0 Å². The highest BCUT2D eigenvalue weighted by Crippen LogP contribution is 2.35. The Morgan fingerprint density at radius 3 is 2.31 bits per heavy atom. The molecule has 162 valence electrons. The van der Waals surface area contributed by atoms with Crippen molar-refractivity contribution in [1.29, 1.82) is 0 Å². The molecule has 3 aromatic rings. The molecule has 2 amide bonds. The predicted molar refractivity (Wildman–Crippen MR) is 125 cm³/mol. The van der Waals surface area contributed by atoms with Crippen molar-refractivity contribution in [2.75, 3.05) is 6.54 Å². The Hall–Kier alpha value is -3.73. The lowest BCUT2D eigenvalue weighted by Gasteiger charge is -2.25. The maximum atomic E-state index is 13.7. The van der Waals surface area contributed by atoms with Crippen molar-refractivity contribution >= 4 is 17.4 Å². The van der Waals surface area contributed by atoms with Crippen LogP contribution in [-0.4, -0.2) is 33.1 Å². The number of hydrogen-bond acceptors (Lipinski definition) is 4. The third-order valence-electron chi connectivity index (χ3n) is 5.76. The second kappa shape index (κ2) is 9.18. The summed E-state index contributed by atoms with van der Waals surface area (Å²) in [6.07, 6.45) is 1.67. The molecule has 0 atom stereocenters. The quantitative estimate of drug-likeness (QED) is 0.523. The number of likely N-dealkylation sites (N-methyl/N-ethyl adjacent to an activating group) is 1. The molecule has 2 aromatic carbocycles. The number of carbonyl (C=O) groups excluding carboxylic acids is 2. The van der Waals surface area contributed by atoms with Crippen LogP contribution in [0.2, 0.25) is 0 Å². The number of amides is 2. The highest BCUT2D eigenvalue weighted by atomic mass is 16.2. The Bertz CT molecular complexity index is 1170. The molecule has 1 aliphatic rings. The second-order valence-corrected chi connectivity index (χ2v) is 8.06. The summed E-state index contributed by atoms with van der Waals surface area (Å²) in [5.74, 6) is -0.539. The van der Waals surface area contributed by atoms with Crippen LogP contribution in [0, 0.1) is 13.8 Å². The Morgan fingerprint density at radius 2 is 1.66 bits per heavy atom. The van der Waals surface area contributed by atoms with E-state index in [2.05, 4.69) is 4.98 Å². The first-order valence-corrected chi connectivity index (χ1v) is 10.9. The molecule has 32 heavy (non-hydrogen) atoms. The van der Waals surface area contributed by atoms with E-state index in [0.29, 0.717) is 30.1 Å². The van der Waals surface area contributed by atoms with Crippen molar-refractivity contribution in [1.82, 2.24) is 14.8 Å². The van der Waals surface area contributed by atoms with E-state index in [1.807, 2.05) is 92.4 Å². The number of rotatable bonds is 7. The summed E-state index contributed by atoms with van der Waals surface area (Å²) in [6, 6.07) is 21.5. The van der Waals surface area contributed by atoms with Gasteiger partial charge < -0.3 is 4.90 Å². The highest BCUT2D eigenvalue weighted by molar-refractivity contribution is 6.35. The van der Waals surface area contributed by atoms with E-state index < -0.39 is 0 Å². The van der Waals surface area contributed by atoms with Crippen LogP contribution >= 0.6 is 0 Å². The van der Waals surface area contributed by atoms with Gasteiger partial charge in [-0.05, 0) is 49.6 Å². The largest absolute Gasteiger partial charge is 0.362 e. The van der Waals surface area contributed by atoms with Gasteiger partial charge in [0, 0.05) is 19.3 Å². The maximum absolute atomic E-state index is 13.7. The van der Waals surface area contributed by atoms with Gasteiger partial charge in [0.15, 0.2) is 0 Å².